The second-order valence-corrected chi connectivity index (χ2v) is 8.00. The standard InChI is InChI=1S/C27H30N2O2/c1-21(2)19-25(29-17-15-28-16-18-29)22-13-14-26(30-23-9-5-3-6-10-23)27(20-22)31-24-11-7-4-8-12-24/h3-14,20,25,28H,1,15-19H2,2H3/t25-/m0/s1. The predicted octanol–water partition coefficient (Wildman–Crippen LogP) is 6.18. The summed E-state index contributed by atoms with van der Waals surface area (Å²) in [4.78, 5) is 2.53. The van der Waals surface area contributed by atoms with Crippen molar-refractivity contribution in [3.05, 3.63) is 96.6 Å². The Bertz CT molecular complexity index is 983. The van der Waals surface area contributed by atoms with Crippen LogP contribution in [0.4, 0.5) is 0 Å². The molecule has 0 amide bonds. The molecule has 1 atom stereocenters. The van der Waals surface area contributed by atoms with Crippen molar-refractivity contribution in [1.29, 1.82) is 0 Å². The Hall–Kier alpha value is -3.08. The molecule has 3 aromatic carbocycles. The Morgan fingerprint density at radius 1 is 0.871 bits per heavy atom. The van der Waals surface area contributed by atoms with Gasteiger partial charge in [-0.25, -0.2) is 0 Å². The van der Waals surface area contributed by atoms with Crippen LogP contribution in [0, 0.1) is 0 Å². The van der Waals surface area contributed by atoms with E-state index in [0.717, 1.165) is 49.8 Å². The summed E-state index contributed by atoms with van der Waals surface area (Å²) >= 11 is 0. The smallest absolute Gasteiger partial charge is 0.170 e. The van der Waals surface area contributed by atoms with Gasteiger partial charge in [-0.1, -0.05) is 48.0 Å². The first-order chi connectivity index (χ1) is 15.2. The lowest BCUT2D eigenvalue weighted by atomic mass is 9.97. The van der Waals surface area contributed by atoms with Gasteiger partial charge in [0.05, 0.1) is 0 Å². The molecule has 0 bridgehead atoms. The number of piperazine rings is 1. The van der Waals surface area contributed by atoms with Crippen LogP contribution in [0.3, 0.4) is 0 Å². The summed E-state index contributed by atoms with van der Waals surface area (Å²) in [5.74, 6) is 2.99. The molecular weight excluding hydrogens is 384 g/mol. The van der Waals surface area contributed by atoms with E-state index in [2.05, 4.69) is 35.9 Å². The maximum atomic E-state index is 6.29. The van der Waals surface area contributed by atoms with Crippen LogP contribution in [0.1, 0.15) is 24.9 Å². The Balaban J connectivity index is 1.68. The molecule has 0 spiro atoms. The molecule has 4 heteroatoms. The van der Waals surface area contributed by atoms with E-state index in [-0.39, 0.29) is 6.04 Å². The third-order valence-electron chi connectivity index (χ3n) is 5.43. The summed E-state index contributed by atoms with van der Waals surface area (Å²) in [6.07, 6.45) is 0.920. The third kappa shape index (κ3) is 5.75. The van der Waals surface area contributed by atoms with Crippen molar-refractivity contribution in [3.63, 3.8) is 0 Å². The number of ether oxygens (including phenoxy) is 2. The summed E-state index contributed by atoms with van der Waals surface area (Å²) in [6.45, 7) is 10.3. The first-order valence-corrected chi connectivity index (χ1v) is 10.9. The second-order valence-electron chi connectivity index (χ2n) is 8.00. The van der Waals surface area contributed by atoms with E-state index in [1.54, 1.807) is 0 Å². The van der Waals surface area contributed by atoms with Gasteiger partial charge in [0.25, 0.3) is 0 Å². The van der Waals surface area contributed by atoms with Gasteiger partial charge in [0.2, 0.25) is 0 Å². The van der Waals surface area contributed by atoms with E-state index < -0.39 is 0 Å². The average molecular weight is 415 g/mol. The highest BCUT2D eigenvalue weighted by Crippen LogP contribution is 2.39. The van der Waals surface area contributed by atoms with Crippen molar-refractivity contribution < 1.29 is 9.47 Å². The first kappa shape index (κ1) is 21.2. The number of nitrogens with one attached hydrogen (secondary N) is 1. The van der Waals surface area contributed by atoms with E-state index >= 15 is 0 Å². The molecule has 0 saturated carbocycles. The van der Waals surface area contributed by atoms with Gasteiger partial charge < -0.3 is 14.8 Å². The van der Waals surface area contributed by atoms with Gasteiger partial charge in [0.15, 0.2) is 11.5 Å². The van der Waals surface area contributed by atoms with Gasteiger partial charge in [0, 0.05) is 32.2 Å². The van der Waals surface area contributed by atoms with Crippen molar-refractivity contribution in [2.24, 2.45) is 0 Å². The van der Waals surface area contributed by atoms with Crippen LogP contribution in [-0.2, 0) is 0 Å². The van der Waals surface area contributed by atoms with Crippen LogP contribution >= 0.6 is 0 Å². The number of rotatable bonds is 8. The minimum Gasteiger partial charge on any atom is -0.453 e. The highest BCUT2D eigenvalue weighted by atomic mass is 16.5. The fraction of sp³-hybridized carbons (Fsp3) is 0.259. The molecule has 1 aliphatic rings. The highest BCUT2D eigenvalue weighted by molar-refractivity contribution is 5.48. The molecule has 160 valence electrons. The van der Waals surface area contributed by atoms with Gasteiger partial charge in [-0.3, -0.25) is 4.90 Å². The van der Waals surface area contributed by atoms with Crippen LogP contribution in [-0.4, -0.2) is 31.1 Å². The largest absolute Gasteiger partial charge is 0.453 e. The molecule has 1 aliphatic heterocycles. The van der Waals surface area contributed by atoms with Crippen molar-refractivity contribution in [2.75, 3.05) is 26.2 Å². The minimum atomic E-state index is 0.267. The molecule has 3 aromatic rings. The average Bonchev–Trinajstić information content (AvgIpc) is 2.80. The third-order valence-corrected chi connectivity index (χ3v) is 5.43. The second kappa shape index (κ2) is 10.3. The van der Waals surface area contributed by atoms with Gasteiger partial charge in [-0.2, -0.15) is 0 Å². The van der Waals surface area contributed by atoms with Crippen LogP contribution in [0.25, 0.3) is 0 Å². The van der Waals surface area contributed by atoms with E-state index in [1.807, 2.05) is 66.7 Å². The molecule has 4 nitrogen and oxygen atoms in total. The summed E-state index contributed by atoms with van der Waals surface area (Å²) in [6, 6.07) is 26.2. The Labute approximate surface area is 185 Å². The Morgan fingerprint density at radius 3 is 2.03 bits per heavy atom. The quantitative estimate of drug-likeness (QED) is 0.446. The van der Waals surface area contributed by atoms with E-state index in [1.165, 1.54) is 11.1 Å². The van der Waals surface area contributed by atoms with E-state index in [0.29, 0.717) is 5.75 Å². The number of para-hydroxylation sites is 2. The predicted molar refractivity (Wildman–Crippen MR) is 126 cm³/mol. The van der Waals surface area contributed by atoms with Crippen molar-refractivity contribution >= 4 is 0 Å². The lowest BCUT2D eigenvalue weighted by Gasteiger charge is -2.35. The molecule has 31 heavy (non-hydrogen) atoms. The lowest BCUT2D eigenvalue weighted by Crippen LogP contribution is -2.45. The molecule has 0 unspecified atom stereocenters. The molecule has 4 rings (SSSR count). The Kier molecular flexibility index (Phi) is 7.03. The van der Waals surface area contributed by atoms with Gasteiger partial charge >= 0.3 is 0 Å². The number of hydrogen-bond donors (Lipinski definition) is 1. The van der Waals surface area contributed by atoms with Crippen molar-refractivity contribution in [1.82, 2.24) is 10.2 Å². The molecule has 1 saturated heterocycles. The fourth-order valence-electron chi connectivity index (χ4n) is 3.91. The van der Waals surface area contributed by atoms with Crippen molar-refractivity contribution in [3.8, 4) is 23.0 Å². The van der Waals surface area contributed by atoms with Gasteiger partial charge in [0.1, 0.15) is 11.5 Å². The summed E-state index contributed by atoms with van der Waals surface area (Å²) in [5.41, 5.74) is 2.40. The van der Waals surface area contributed by atoms with Crippen LogP contribution in [0.15, 0.2) is 91.0 Å². The maximum absolute atomic E-state index is 6.29. The molecule has 0 aliphatic carbocycles. The zero-order chi connectivity index (χ0) is 21.5. The summed E-state index contributed by atoms with van der Waals surface area (Å²) in [5, 5.41) is 3.45. The normalized spacial score (nSPS) is 15.3. The summed E-state index contributed by atoms with van der Waals surface area (Å²) in [7, 11) is 0. The topological polar surface area (TPSA) is 33.7 Å². The van der Waals surface area contributed by atoms with Gasteiger partial charge in [-0.05, 0) is 55.3 Å². The van der Waals surface area contributed by atoms with Crippen molar-refractivity contribution in [2.45, 2.75) is 19.4 Å². The van der Waals surface area contributed by atoms with Gasteiger partial charge in [-0.15, -0.1) is 6.58 Å². The number of hydrogen-bond acceptors (Lipinski definition) is 4. The molecule has 0 aromatic heterocycles. The monoisotopic (exact) mass is 414 g/mol. The van der Waals surface area contributed by atoms with Crippen LogP contribution in [0.2, 0.25) is 0 Å². The zero-order valence-electron chi connectivity index (χ0n) is 18.1. The van der Waals surface area contributed by atoms with Crippen LogP contribution in [0.5, 0.6) is 23.0 Å². The number of nitrogens with zero attached hydrogens (tertiary/aromatic N) is 1. The molecular formula is C27H30N2O2. The fourth-order valence-corrected chi connectivity index (χ4v) is 3.91. The first-order valence-electron chi connectivity index (χ1n) is 10.9. The van der Waals surface area contributed by atoms with E-state index in [4.69, 9.17) is 9.47 Å². The molecule has 1 fully saturated rings. The minimum absolute atomic E-state index is 0.267. The highest BCUT2D eigenvalue weighted by Gasteiger charge is 2.24. The zero-order valence-corrected chi connectivity index (χ0v) is 18.1. The molecule has 0 radical (unpaired) electrons. The SMILES string of the molecule is C=C(C)C[C@@H](c1ccc(Oc2ccccc2)c(Oc2ccccc2)c1)N1CCNCC1. The molecule has 1 heterocycles. The molecule has 1 N–H and O–H groups in total. The number of benzene rings is 3. The summed E-state index contributed by atoms with van der Waals surface area (Å²) < 4.78 is 12.5. The lowest BCUT2D eigenvalue weighted by molar-refractivity contribution is 0.172. The van der Waals surface area contributed by atoms with Crippen LogP contribution < -0.4 is 14.8 Å². The Morgan fingerprint density at radius 2 is 1.45 bits per heavy atom. The maximum Gasteiger partial charge on any atom is 0.170 e. The van der Waals surface area contributed by atoms with E-state index in [9.17, 15) is 0 Å².